The molecule has 0 heterocycles. The topological polar surface area (TPSA) is 3.24 Å². The van der Waals surface area contributed by atoms with Crippen LogP contribution in [0.1, 0.15) is 88.5 Å². The molecule has 4 fully saturated rings. The first-order valence-electron chi connectivity index (χ1n) is 21.1. The van der Waals surface area contributed by atoms with Crippen LogP contribution in [0, 0.1) is 29.1 Å². The third-order valence-corrected chi connectivity index (χ3v) is 16.4. The minimum absolute atomic E-state index is 0.145. The normalized spacial score (nSPS) is 29.1. The summed E-state index contributed by atoms with van der Waals surface area (Å²) < 4.78 is 0. The first kappa shape index (κ1) is 32.4. The predicted octanol–water partition coefficient (Wildman–Crippen LogP) is 14.2. The van der Waals surface area contributed by atoms with Crippen molar-refractivity contribution < 1.29 is 0 Å². The smallest absolute Gasteiger partial charge is 0.0540 e. The summed E-state index contributed by atoms with van der Waals surface area (Å²) in [7, 11) is 0. The Hall–Kier alpha value is -4.88. The van der Waals surface area contributed by atoms with Gasteiger partial charge in [0.1, 0.15) is 0 Å². The number of hydrogen-bond donors (Lipinski definition) is 0. The Morgan fingerprint density at radius 1 is 0.473 bits per heavy atom. The molecule has 0 aliphatic heterocycles. The fraction of sp³-hybridized carbons (Fsp3) is 0.333. The third kappa shape index (κ3) is 4.10. The van der Waals surface area contributed by atoms with E-state index in [1.807, 2.05) is 0 Å². The highest BCUT2D eigenvalue weighted by atomic mass is 15.1. The Morgan fingerprint density at radius 2 is 1.11 bits per heavy atom. The Bertz CT molecular complexity index is 2540. The lowest BCUT2D eigenvalue weighted by Crippen LogP contribution is -2.73. The zero-order chi connectivity index (χ0) is 36.9. The van der Waals surface area contributed by atoms with Gasteiger partial charge in [0.15, 0.2) is 0 Å². The van der Waals surface area contributed by atoms with Gasteiger partial charge in [0, 0.05) is 22.4 Å². The lowest BCUT2D eigenvalue weighted by atomic mass is 9.27. The first-order chi connectivity index (χ1) is 26.7. The molecule has 6 atom stereocenters. The van der Waals surface area contributed by atoms with Gasteiger partial charge in [0.2, 0.25) is 0 Å². The molecule has 12 rings (SSSR count). The van der Waals surface area contributed by atoms with Crippen molar-refractivity contribution in [2.24, 2.45) is 29.1 Å². The summed E-state index contributed by atoms with van der Waals surface area (Å²) in [4.78, 5) is 2.58. The number of anilines is 3. The molecule has 1 heteroatoms. The zero-order valence-electron chi connectivity index (χ0n) is 32.8. The summed E-state index contributed by atoms with van der Waals surface area (Å²) in [6.45, 7) is 9.75. The Morgan fingerprint density at radius 3 is 1.91 bits per heavy atom. The van der Waals surface area contributed by atoms with Crippen molar-refractivity contribution >= 4 is 17.1 Å². The summed E-state index contributed by atoms with van der Waals surface area (Å²) >= 11 is 0. The van der Waals surface area contributed by atoms with Gasteiger partial charge in [-0.3, -0.25) is 0 Å². The van der Waals surface area contributed by atoms with Crippen molar-refractivity contribution in [1.29, 1.82) is 0 Å². The van der Waals surface area contributed by atoms with Gasteiger partial charge in [-0.15, -0.1) is 0 Å². The Labute approximate surface area is 327 Å². The number of benzene rings is 6. The molecule has 6 aliphatic rings. The zero-order valence-corrected chi connectivity index (χ0v) is 32.8. The van der Waals surface area contributed by atoms with E-state index in [-0.39, 0.29) is 16.2 Å². The molecule has 0 aromatic heterocycles. The van der Waals surface area contributed by atoms with Crippen LogP contribution in [0.15, 0.2) is 140 Å². The molecule has 0 amide bonds. The van der Waals surface area contributed by atoms with Gasteiger partial charge in [-0.1, -0.05) is 137 Å². The third-order valence-electron chi connectivity index (χ3n) is 16.4. The molecule has 0 N–H and O–H groups in total. The lowest BCUT2D eigenvalue weighted by molar-refractivity contribution is -0.231. The van der Waals surface area contributed by atoms with Crippen LogP contribution >= 0.6 is 0 Å². The summed E-state index contributed by atoms with van der Waals surface area (Å²) in [5.74, 6) is 3.49. The molecule has 6 aromatic rings. The van der Waals surface area contributed by atoms with Crippen molar-refractivity contribution in [3.63, 3.8) is 0 Å². The van der Waals surface area contributed by atoms with E-state index in [2.05, 4.69) is 172 Å². The summed E-state index contributed by atoms with van der Waals surface area (Å²) in [5, 5.41) is 0. The van der Waals surface area contributed by atoms with Gasteiger partial charge < -0.3 is 4.90 Å². The van der Waals surface area contributed by atoms with Crippen LogP contribution in [0.4, 0.5) is 17.1 Å². The molecular formula is C54H51N. The van der Waals surface area contributed by atoms with Crippen molar-refractivity contribution in [2.75, 3.05) is 4.90 Å². The average molecular weight is 714 g/mol. The molecule has 55 heavy (non-hydrogen) atoms. The van der Waals surface area contributed by atoms with Crippen molar-refractivity contribution in [2.45, 2.75) is 82.5 Å². The van der Waals surface area contributed by atoms with Gasteiger partial charge in [0.25, 0.3) is 0 Å². The fourth-order valence-electron chi connectivity index (χ4n) is 14.0. The number of nitrogens with zero attached hydrogens (tertiary/aromatic N) is 1. The maximum Gasteiger partial charge on any atom is 0.0540 e. The average Bonchev–Trinajstić information content (AvgIpc) is 3.84. The predicted molar refractivity (Wildman–Crippen MR) is 228 cm³/mol. The molecule has 272 valence electrons. The van der Waals surface area contributed by atoms with Crippen LogP contribution in [0.5, 0.6) is 0 Å². The fourth-order valence-corrected chi connectivity index (χ4v) is 14.0. The van der Waals surface area contributed by atoms with Crippen molar-refractivity contribution in [1.82, 2.24) is 0 Å². The summed E-state index contributed by atoms with van der Waals surface area (Å²) in [5.41, 5.74) is 19.1. The minimum atomic E-state index is 0.145. The Balaban J connectivity index is 1.05. The molecule has 6 aliphatic carbocycles. The SMILES string of the molecule is CC1(C)CCC(C)(C)c2cc(-c3ccccc3N(c3ccc(-c4ccccc4)cc3)c3ccc4c(c3)C3(c5ccccc5-4)C4CC5CC6CC3C64C5)ccc21. The van der Waals surface area contributed by atoms with E-state index in [9.17, 15) is 0 Å². The number of para-hydroxylation sites is 1. The molecular weight excluding hydrogens is 663 g/mol. The number of fused-ring (bicyclic) bond motifs is 9. The molecule has 2 spiro atoms. The molecule has 6 unspecified atom stereocenters. The van der Waals surface area contributed by atoms with Gasteiger partial charge in [-0.05, 0) is 159 Å². The van der Waals surface area contributed by atoms with E-state index in [1.54, 1.807) is 11.1 Å². The van der Waals surface area contributed by atoms with Gasteiger partial charge >= 0.3 is 0 Å². The summed E-state index contributed by atoms with van der Waals surface area (Å²) in [6.07, 6.45) is 8.27. The molecule has 6 aromatic carbocycles. The van der Waals surface area contributed by atoms with E-state index in [1.165, 1.54) is 100 Å². The van der Waals surface area contributed by atoms with Crippen LogP contribution in [0.25, 0.3) is 33.4 Å². The van der Waals surface area contributed by atoms with Crippen LogP contribution < -0.4 is 4.90 Å². The maximum absolute atomic E-state index is 2.65. The van der Waals surface area contributed by atoms with E-state index in [0.717, 1.165) is 23.7 Å². The largest absolute Gasteiger partial charge is 0.310 e. The van der Waals surface area contributed by atoms with Crippen LogP contribution in [-0.2, 0) is 16.2 Å². The summed E-state index contributed by atoms with van der Waals surface area (Å²) in [6, 6.07) is 53.8. The van der Waals surface area contributed by atoms with E-state index >= 15 is 0 Å². The quantitative estimate of drug-likeness (QED) is 0.172. The van der Waals surface area contributed by atoms with Gasteiger partial charge in [-0.25, -0.2) is 0 Å². The van der Waals surface area contributed by atoms with Crippen LogP contribution in [0.2, 0.25) is 0 Å². The molecule has 0 radical (unpaired) electrons. The highest BCUT2D eigenvalue weighted by molar-refractivity contribution is 5.92. The standard InChI is InChI=1S/C54H51N/c1-51(2)26-27-52(3,4)47-30-37(20-25-45(47)51)41-14-9-11-17-48(41)55(39-21-18-36(19-22-39)35-12-6-5-7-13-35)40-23-24-43-42-15-8-10-16-44(42)54(46(43)32-40)49-29-34-28-38-31-50(54)53(38,49)33-34/h5-25,30,32,34,38,49-50H,26-29,31,33H2,1-4H3. The second-order valence-corrected chi connectivity index (χ2v) is 19.6. The molecule has 1 nitrogen and oxygen atoms in total. The second-order valence-electron chi connectivity index (χ2n) is 19.6. The van der Waals surface area contributed by atoms with Crippen molar-refractivity contribution in [3.8, 4) is 33.4 Å². The van der Waals surface area contributed by atoms with E-state index < -0.39 is 0 Å². The van der Waals surface area contributed by atoms with Gasteiger partial charge in [-0.2, -0.15) is 0 Å². The number of hydrogen-bond acceptors (Lipinski definition) is 1. The molecule has 4 saturated carbocycles. The highest BCUT2D eigenvalue weighted by Crippen LogP contribution is 2.89. The van der Waals surface area contributed by atoms with E-state index in [0.29, 0.717) is 5.41 Å². The van der Waals surface area contributed by atoms with Gasteiger partial charge in [0.05, 0.1) is 5.69 Å². The number of rotatable bonds is 5. The second kappa shape index (κ2) is 10.9. The molecule has 2 bridgehead atoms. The van der Waals surface area contributed by atoms with Crippen LogP contribution in [0.3, 0.4) is 0 Å². The highest BCUT2D eigenvalue weighted by Gasteiger charge is 2.84. The van der Waals surface area contributed by atoms with Crippen LogP contribution in [-0.4, -0.2) is 0 Å². The first-order valence-corrected chi connectivity index (χ1v) is 21.1. The lowest BCUT2D eigenvalue weighted by Gasteiger charge is -2.76. The minimum Gasteiger partial charge on any atom is -0.310 e. The molecule has 0 saturated heterocycles. The van der Waals surface area contributed by atoms with Crippen molar-refractivity contribution in [3.05, 3.63) is 162 Å². The maximum atomic E-state index is 2.65. The monoisotopic (exact) mass is 713 g/mol. The van der Waals surface area contributed by atoms with E-state index in [4.69, 9.17) is 0 Å². The Kier molecular flexibility index (Phi) is 6.42.